The first-order valence-electron chi connectivity index (χ1n) is 15.1. The maximum absolute atomic E-state index is 11.9. The smallest absolute Gasteiger partial charge is 0.302 e. The Morgan fingerprint density at radius 3 is 2.08 bits per heavy atom. The molecule has 4 nitrogen and oxygen atoms in total. The monoisotopic (exact) mass is 502 g/mol. The molecular weight excluding hydrogens is 448 g/mol. The molecule has 1 unspecified atom stereocenters. The van der Waals surface area contributed by atoms with Gasteiger partial charge in [-0.25, -0.2) is 0 Å². The van der Waals surface area contributed by atoms with Gasteiger partial charge in [0.2, 0.25) is 0 Å². The molecule has 4 heteroatoms. The van der Waals surface area contributed by atoms with Gasteiger partial charge in [0.05, 0.1) is 17.3 Å². The number of hydrogen-bond donors (Lipinski definition) is 1. The minimum absolute atomic E-state index is 0.0211. The first kappa shape index (κ1) is 27.0. The zero-order chi connectivity index (χ0) is 26.5. The molecule has 36 heavy (non-hydrogen) atoms. The highest BCUT2D eigenvalue weighted by molar-refractivity contribution is 5.66. The number of carbonyl (C=O) groups excluding carboxylic acids is 1. The number of ether oxygens (including phenoxy) is 2. The first-order valence-corrected chi connectivity index (χ1v) is 15.1. The fraction of sp³-hybridized carbons (Fsp3) is 0.969. The molecule has 0 aromatic carbocycles. The van der Waals surface area contributed by atoms with Gasteiger partial charge in [0.15, 0.2) is 0 Å². The Labute approximate surface area is 220 Å². The van der Waals surface area contributed by atoms with Gasteiger partial charge >= 0.3 is 5.97 Å². The molecule has 1 heterocycles. The lowest BCUT2D eigenvalue weighted by molar-refractivity contribution is -0.231. The Morgan fingerprint density at radius 1 is 0.806 bits per heavy atom. The fourth-order valence-corrected chi connectivity index (χ4v) is 11.5. The SMILES string of the molecule is CC(=O)OC1CC[C@]2(C)[C@H]3CC[C@@H]4[C@@H]([C@]5(C)CC[C@@H](C(C)(C)O)O5)CC[C@@]4(C)[C@]3(C)CC[C@H]2C1(C)C. The lowest BCUT2D eigenvalue weighted by Crippen LogP contribution is -2.64. The molecule has 0 radical (unpaired) electrons. The highest BCUT2D eigenvalue weighted by Gasteiger charge is 2.70. The number of aliphatic hydroxyl groups is 1. The Bertz CT molecular complexity index is 889. The minimum atomic E-state index is -0.770. The summed E-state index contributed by atoms with van der Waals surface area (Å²) in [6.45, 7) is 20.4. The van der Waals surface area contributed by atoms with E-state index in [2.05, 4.69) is 41.5 Å². The molecule has 5 rings (SSSR count). The molecule has 1 aliphatic heterocycles. The third kappa shape index (κ3) is 3.62. The van der Waals surface area contributed by atoms with Crippen LogP contribution in [0.5, 0.6) is 0 Å². The van der Waals surface area contributed by atoms with Crippen molar-refractivity contribution < 1.29 is 19.4 Å². The molecular formula is C32H54O4. The molecule has 10 atom stereocenters. The summed E-state index contributed by atoms with van der Waals surface area (Å²) in [5.41, 5.74) is 0.122. The van der Waals surface area contributed by atoms with Crippen LogP contribution < -0.4 is 0 Å². The molecule has 0 spiro atoms. The van der Waals surface area contributed by atoms with Crippen LogP contribution in [0.3, 0.4) is 0 Å². The fourth-order valence-electron chi connectivity index (χ4n) is 11.5. The lowest BCUT2D eigenvalue weighted by Gasteiger charge is -2.70. The van der Waals surface area contributed by atoms with Gasteiger partial charge < -0.3 is 14.6 Å². The molecule has 4 saturated carbocycles. The third-order valence-corrected chi connectivity index (χ3v) is 13.5. The van der Waals surface area contributed by atoms with Crippen molar-refractivity contribution in [3.8, 4) is 0 Å². The summed E-state index contributed by atoms with van der Waals surface area (Å²) in [7, 11) is 0. The van der Waals surface area contributed by atoms with E-state index in [-0.39, 0.29) is 29.2 Å². The maximum Gasteiger partial charge on any atom is 0.302 e. The minimum Gasteiger partial charge on any atom is -0.462 e. The normalized spacial score (nSPS) is 52.3. The van der Waals surface area contributed by atoms with Crippen molar-refractivity contribution in [1.82, 2.24) is 0 Å². The van der Waals surface area contributed by atoms with E-state index in [0.717, 1.165) is 25.2 Å². The van der Waals surface area contributed by atoms with Crippen LogP contribution >= 0.6 is 0 Å². The Balaban J connectivity index is 1.42. The van der Waals surface area contributed by atoms with Crippen molar-refractivity contribution in [2.45, 2.75) is 150 Å². The van der Waals surface area contributed by atoms with Gasteiger partial charge in [-0.2, -0.15) is 0 Å². The van der Waals surface area contributed by atoms with E-state index in [4.69, 9.17) is 9.47 Å². The summed E-state index contributed by atoms with van der Waals surface area (Å²) in [5.74, 6) is 2.49. The van der Waals surface area contributed by atoms with Crippen LogP contribution in [-0.2, 0) is 14.3 Å². The van der Waals surface area contributed by atoms with Crippen molar-refractivity contribution in [2.75, 3.05) is 0 Å². The Hall–Kier alpha value is -0.610. The quantitative estimate of drug-likeness (QED) is 0.411. The summed E-state index contributed by atoms with van der Waals surface area (Å²) >= 11 is 0. The average molecular weight is 503 g/mol. The van der Waals surface area contributed by atoms with Crippen LogP contribution in [0, 0.1) is 45.3 Å². The number of fused-ring (bicyclic) bond motifs is 5. The summed E-state index contributed by atoms with van der Waals surface area (Å²) in [6.07, 6.45) is 11.9. The van der Waals surface area contributed by atoms with E-state index < -0.39 is 5.60 Å². The highest BCUT2D eigenvalue weighted by atomic mass is 16.5. The van der Waals surface area contributed by atoms with E-state index in [1.807, 2.05) is 13.8 Å². The highest BCUT2D eigenvalue weighted by Crippen LogP contribution is 2.76. The van der Waals surface area contributed by atoms with Crippen LogP contribution in [0.2, 0.25) is 0 Å². The van der Waals surface area contributed by atoms with Gasteiger partial charge in [0.25, 0.3) is 0 Å². The molecule has 206 valence electrons. The van der Waals surface area contributed by atoms with Crippen LogP contribution in [0.1, 0.15) is 127 Å². The molecule has 1 saturated heterocycles. The van der Waals surface area contributed by atoms with Crippen LogP contribution in [0.4, 0.5) is 0 Å². The second-order valence-corrected chi connectivity index (χ2v) is 15.9. The second kappa shape index (κ2) is 8.20. The van der Waals surface area contributed by atoms with E-state index in [9.17, 15) is 9.90 Å². The number of carbonyl (C=O) groups is 1. The third-order valence-electron chi connectivity index (χ3n) is 13.5. The Kier molecular flexibility index (Phi) is 6.14. The van der Waals surface area contributed by atoms with Crippen molar-refractivity contribution in [1.29, 1.82) is 0 Å². The van der Waals surface area contributed by atoms with Crippen molar-refractivity contribution in [3.63, 3.8) is 0 Å². The standard InChI is InChI=1S/C32H54O4/c1-20(33)35-25-14-16-29(6)23(27(25,2)3)13-18-31(8)24(29)11-10-21-22(12-17-30(21,31)7)32(9)19-15-26(36-32)28(4,5)34/h21-26,34H,10-19H2,1-9H3/t21-,22+,23+,24-,25?,26+,29+,30-,31-,32+/m1/s1. The predicted molar refractivity (Wildman–Crippen MR) is 143 cm³/mol. The Morgan fingerprint density at radius 2 is 1.47 bits per heavy atom. The van der Waals surface area contributed by atoms with Gasteiger partial charge in [0.1, 0.15) is 6.10 Å². The van der Waals surface area contributed by atoms with Crippen LogP contribution in [0.15, 0.2) is 0 Å². The molecule has 0 bridgehead atoms. The topological polar surface area (TPSA) is 55.8 Å². The van der Waals surface area contributed by atoms with Gasteiger partial charge in [-0.15, -0.1) is 0 Å². The largest absolute Gasteiger partial charge is 0.462 e. The zero-order valence-electron chi connectivity index (χ0n) is 24.7. The van der Waals surface area contributed by atoms with Gasteiger partial charge in [-0.3, -0.25) is 4.79 Å². The molecule has 1 N–H and O–H groups in total. The molecule has 0 amide bonds. The summed E-state index contributed by atoms with van der Waals surface area (Å²) in [6, 6.07) is 0. The van der Waals surface area contributed by atoms with E-state index in [0.29, 0.717) is 34.0 Å². The van der Waals surface area contributed by atoms with Crippen molar-refractivity contribution >= 4 is 5.97 Å². The first-order chi connectivity index (χ1) is 16.5. The summed E-state index contributed by atoms with van der Waals surface area (Å²) < 4.78 is 12.6. The molecule has 5 fully saturated rings. The van der Waals surface area contributed by atoms with E-state index in [1.165, 1.54) is 44.9 Å². The summed E-state index contributed by atoms with van der Waals surface area (Å²) in [4.78, 5) is 11.9. The molecule has 0 aromatic heterocycles. The zero-order valence-corrected chi connectivity index (χ0v) is 24.7. The predicted octanol–water partition coefficient (Wildman–Crippen LogP) is 7.31. The molecule has 5 aliphatic rings. The second-order valence-electron chi connectivity index (χ2n) is 15.9. The number of esters is 1. The molecule has 0 aromatic rings. The lowest BCUT2D eigenvalue weighted by atomic mass is 9.35. The maximum atomic E-state index is 11.9. The van der Waals surface area contributed by atoms with Crippen molar-refractivity contribution in [3.05, 3.63) is 0 Å². The van der Waals surface area contributed by atoms with Gasteiger partial charge in [-0.05, 0) is 125 Å². The van der Waals surface area contributed by atoms with Gasteiger partial charge in [-0.1, -0.05) is 34.6 Å². The van der Waals surface area contributed by atoms with Gasteiger partial charge in [0, 0.05) is 12.3 Å². The number of rotatable bonds is 3. The van der Waals surface area contributed by atoms with Crippen LogP contribution in [0.25, 0.3) is 0 Å². The van der Waals surface area contributed by atoms with Crippen LogP contribution in [-0.4, -0.2) is 34.5 Å². The molecule has 4 aliphatic carbocycles. The summed E-state index contributed by atoms with van der Waals surface area (Å²) in [5, 5.41) is 10.7. The van der Waals surface area contributed by atoms with E-state index >= 15 is 0 Å². The van der Waals surface area contributed by atoms with E-state index in [1.54, 1.807) is 6.92 Å². The van der Waals surface area contributed by atoms with Crippen molar-refractivity contribution in [2.24, 2.45) is 45.3 Å². The number of hydrogen-bond acceptors (Lipinski definition) is 4. The average Bonchev–Trinajstić information content (AvgIpc) is 3.32.